The van der Waals surface area contributed by atoms with Gasteiger partial charge in [-0.05, 0) is 73.4 Å². The van der Waals surface area contributed by atoms with Gasteiger partial charge in [0.15, 0.2) is 6.61 Å². The molecule has 0 radical (unpaired) electrons. The van der Waals surface area contributed by atoms with Crippen LogP contribution in [0.2, 0.25) is 0 Å². The van der Waals surface area contributed by atoms with E-state index in [4.69, 9.17) is 9.47 Å². The van der Waals surface area contributed by atoms with Crippen molar-refractivity contribution >= 4 is 12.1 Å². The molecule has 1 N–H and O–H groups in total. The summed E-state index contributed by atoms with van der Waals surface area (Å²) in [4.78, 5) is 11.8. The van der Waals surface area contributed by atoms with Crippen LogP contribution in [0.15, 0.2) is 47.6 Å². The molecule has 0 spiro atoms. The fourth-order valence-corrected chi connectivity index (χ4v) is 2.25. The Bertz CT molecular complexity index is 704. The summed E-state index contributed by atoms with van der Waals surface area (Å²) in [7, 11) is 0. The first kappa shape index (κ1) is 18.5. The smallest absolute Gasteiger partial charge is 0.277 e. The lowest BCUT2D eigenvalue weighted by Gasteiger charge is -2.07. The van der Waals surface area contributed by atoms with Crippen LogP contribution in [0.1, 0.15) is 30.0 Å². The predicted octanol–water partition coefficient (Wildman–Crippen LogP) is 3.62. The zero-order valence-corrected chi connectivity index (χ0v) is 14.9. The molecule has 1 amide bonds. The van der Waals surface area contributed by atoms with Crippen molar-refractivity contribution in [3.05, 3.63) is 59.2 Å². The first-order valence-electron chi connectivity index (χ1n) is 8.32. The lowest BCUT2D eigenvalue weighted by atomic mass is 10.1. The highest BCUT2D eigenvalue weighted by Crippen LogP contribution is 2.16. The number of rotatable bonds is 8. The van der Waals surface area contributed by atoms with Gasteiger partial charge in [0.05, 0.1) is 12.8 Å². The van der Waals surface area contributed by atoms with Crippen molar-refractivity contribution in [2.45, 2.75) is 27.2 Å². The molecule has 0 aliphatic carbocycles. The van der Waals surface area contributed by atoms with Crippen molar-refractivity contribution in [1.82, 2.24) is 5.43 Å². The molecular weight excluding hydrogens is 316 g/mol. The number of carbonyl (C=O) groups excluding carboxylic acids is 1. The second-order valence-electron chi connectivity index (χ2n) is 5.82. The van der Waals surface area contributed by atoms with E-state index in [9.17, 15) is 4.79 Å². The Morgan fingerprint density at radius 3 is 2.36 bits per heavy atom. The minimum absolute atomic E-state index is 0.0793. The Balaban J connectivity index is 1.78. The second-order valence-corrected chi connectivity index (χ2v) is 5.82. The maximum atomic E-state index is 11.8. The zero-order valence-electron chi connectivity index (χ0n) is 14.9. The van der Waals surface area contributed by atoms with E-state index in [0.29, 0.717) is 12.4 Å². The number of carbonyl (C=O) groups is 1. The van der Waals surface area contributed by atoms with Crippen LogP contribution in [0.5, 0.6) is 11.5 Å². The molecular formula is C20H24N2O3. The molecule has 0 heterocycles. The number of nitrogens with one attached hydrogen (secondary N) is 1. The average Bonchev–Trinajstić information content (AvgIpc) is 2.58. The third kappa shape index (κ3) is 6.67. The lowest BCUT2D eigenvalue weighted by Crippen LogP contribution is -2.24. The van der Waals surface area contributed by atoms with Crippen LogP contribution >= 0.6 is 0 Å². The summed E-state index contributed by atoms with van der Waals surface area (Å²) < 4.78 is 11.0. The summed E-state index contributed by atoms with van der Waals surface area (Å²) in [6, 6.07) is 13.4. The fourth-order valence-electron chi connectivity index (χ4n) is 2.25. The molecule has 2 aromatic rings. The first-order valence-corrected chi connectivity index (χ1v) is 8.32. The Kier molecular flexibility index (Phi) is 7.01. The molecule has 0 fully saturated rings. The maximum Gasteiger partial charge on any atom is 0.277 e. The first-order chi connectivity index (χ1) is 12.1. The standard InChI is InChI=1S/C20H24N2O3/c1-4-9-24-18-7-5-17(6-8-18)13-21-22-20(23)14-25-19-11-15(2)10-16(3)12-19/h5-8,10-13H,4,9,14H2,1-3H3,(H,22,23)/b21-13-. The van der Waals surface area contributed by atoms with E-state index >= 15 is 0 Å². The van der Waals surface area contributed by atoms with Crippen molar-refractivity contribution in [3.8, 4) is 11.5 Å². The van der Waals surface area contributed by atoms with Gasteiger partial charge in [-0.2, -0.15) is 5.10 Å². The second kappa shape index (κ2) is 9.47. The number of nitrogens with zero attached hydrogens (tertiary/aromatic N) is 1. The molecule has 2 aromatic carbocycles. The van der Waals surface area contributed by atoms with Crippen LogP contribution in [0, 0.1) is 13.8 Å². The Morgan fingerprint density at radius 1 is 1.04 bits per heavy atom. The maximum absolute atomic E-state index is 11.8. The molecule has 0 aliphatic heterocycles. The molecule has 5 nitrogen and oxygen atoms in total. The van der Waals surface area contributed by atoms with E-state index in [1.54, 1.807) is 6.21 Å². The molecule has 0 aliphatic rings. The van der Waals surface area contributed by atoms with E-state index < -0.39 is 0 Å². The summed E-state index contributed by atoms with van der Waals surface area (Å²) in [6.07, 6.45) is 2.55. The molecule has 0 atom stereocenters. The molecule has 25 heavy (non-hydrogen) atoms. The number of ether oxygens (including phenoxy) is 2. The van der Waals surface area contributed by atoms with Crippen LogP contribution in [-0.4, -0.2) is 25.3 Å². The monoisotopic (exact) mass is 340 g/mol. The minimum atomic E-state index is -0.307. The Morgan fingerprint density at radius 2 is 1.72 bits per heavy atom. The Labute approximate surface area is 148 Å². The molecule has 0 bridgehead atoms. The van der Waals surface area contributed by atoms with Gasteiger partial charge in [-0.3, -0.25) is 4.79 Å². The van der Waals surface area contributed by atoms with Crippen molar-refractivity contribution in [2.24, 2.45) is 5.10 Å². The molecule has 0 saturated carbocycles. The average molecular weight is 340 g/mol. The third-order valence-electron chi connectivity index (χ3n) is 3.32. The number of aryl methyl sites for hydroxylation is 2. The van der Waals surface area contributed by atoms with Crippen molar-refractivity contribution in [2.75, 3.05) is 13.2 Å². The van der Waals surface area contributed by atoms with Gasteiger partial charge in [0, 0.05) is 0 Å². The van der Waals surface area contributed by atoms with Gasteiger partial charge < -0.3 is 9.47 Å². The Hall–Kier alpha value is -2.82. The van der Waals surface area contributed by atoms with Crippen molar-refractivity contribution < 1.29 is 14.3 Å². The van der Waals surface area contributed by atoms with Crippen LogP contribution in [0.4, 0.5) is 0 Å². The highest BCUT2D eigenvalue weighted by Gasteiger charge is 2.02. The summed E-state index contributed by atoms with van der Waals surface area (Å²) >= 11 is 0. The number of hydrogen-bond donors (Lipinski definition) is 1. The molecule has 0 aromatic heterocycles. The van der Waals surface area contributed by atoms with Crippen LogP contribution in [0.25, 0.3) is 0 Å². The number of benzene rings is 2. The predicted molar refractivity (Wildman–Crippen MR) is 99.4 cm³/mol. The molecule has 2 rings (SSSR count). The molecule has 5 heteroatoms. The van der Waals surface area contributed by atoms with Gasteiger partial charge >= 0.3 is 0 Å². The number of hydrazone groups is 1. The summed E-state index contributed by atoms with van der Waals surface area (Å²) in [5, 5.41) is 3.94. The van der Waals surface area contributed by atoms with Gasteiger partial charge in [0.2, 0.25) is 0 Å². The van der Waals surface area contributed by atoms with E-state index in [1.807, 2.05) is 50.2 Å². The third-order valence-corrected chi connectivity index (χ3v) is 3.32. The highest BCUT2D eigenvalue weighted by molar-refractivity contribution is 5.83. The van der Waals surface area contributed by atoms with E-state index in [0.717, 1.165) is 28.9 Å². The summed E-state index contributed by atoms with van der Waals surface area (Å²) in [5.74, 6) is 1.20. The van der Waals surface area contributed by atoms with E-state index in [2.05, 4.69) is 23.5 Å². The molecule has 132 valence electrons. The van der Waals surface area contributed by atoms with E-state index in [1.165, 1.54) is 0 Å². The number of hydrogen-bond acceptors (Lipinski definition) is 4. The van der Waals surface area contributed by atoms with Crippen LogP contribution in [-0.2, 0) is 4.79 Å². The topological polar surface area (TPSA) is 59.9 Å². The minimum Gasteiger partial charge on any atom is -0.494 e. The van der Waals surface area contributed by atoms with Crippen LogP contribution in [0.3, 0.4) is 0 Å². The lowest BCUT2D eigenvalue weighted by molar-refractivity contribution is -0.123. The van der Waals surface area contributed by atoms with Gasteiger partial charge in [0.25, 0.3) is 5.91 Å². The summed E-state index contributed by atoms with van der Waals surface area (Å²) in [6.45, 7) is 6.66. The van der Waals surface area contributed by atoms with Gasteiger partial charge in [0.1, 0.15) is 11.5 Å². The van der Waals surface area contributed by atoms with Gasteiger partial charge in [-0.1, -0.05) is 13.0 Å². The quantitative estimate of drug-likeness (QED) is 0.590. The number of amides is 1. The zero-order chi connectivity index (χ0) is 18.1. The molecule has 0 unspecified atom stereocenters. The SMILES string of the molecule is CCCOc1ccc(/C=N\NC(=O)COc2cc(C)cc(C)c2)cc1. The van der Waals surface area contributed by atoms with Crippen LogP contribution < -0.4 is 14.9 Å². The van der Waals surface area contributed by atoms with Gasteiger partial charge in [-0.15, -0.1) is 0 Å². The largest absolute Gasteiger partial charge is 0.494 e. The highest BCUT2D eigenvalue weighted by atomic mass is 16.5. The fraction of sp³-hybridized carbons (Fsp3) is 0.300. The molecule has 0 saturated heterocycles. The van der Waals surface area contributed by atoms with Gasteiger partial charge in [-0.25, -0.2) is 5.43 Å². The van der Waals surface area contributed by atoms with E-state index in [-0.39, 0.29) is 12.5 Å². The van der Waals surface area contributed by atoms with Crippen molar-refractivity contribution in [3.63, 3.8) is 0 Å². The normalized spacial score (nSPS) is 10.7. The summed E-state index contributed by atoms with van der Waals surface area (Å²) in [5.41, 5.74) is 5.52. The van der Waals surface area contributed by atoms with Crippen molar-refractivity contribution in [1.29, 1.82) is 0 Å².